The van der Waals surface area contributed by atoms with Crippen LogP contribution in [0, 0.1) is 5.92 Å². The van der Waals surface area contributed by atoms with Crippen molar-refractivity contribution in [3.05, 3.63) is 28.3 Å². The Morgan fingerprint density at radius 2 is 2.11 bits per heavy atom. The first-order valence-electron chi connectivity index (χ1n) is 6.93. The Morgan fingerprint density at radius 3 is 2.63 bits per heavy atom. The molecule has 1 heterocycles. The van der Waals surface area contributed by atoms with Gasteiger partial charge >= 0.3 is 0 Å². The Morgan fingerprint density at radius 1 is 1.37 bits per heavy atom. The molecule has 1 aliphatic rings. The Bertz CT molecular complexity index is 487. The van der Waals surface area contributed by atoms with E-state index in [1.54, 1.807) is 0 Å². The predicted octanol–water partition coefficient (Wildman–Crippen LogP) is 2.78. The number of aryl methyl sites for hydroxylation is 1. The fourth-order valence-corrected chi connectivity index (χ4v) is 3.06. The molecule has 1 fully saturated rings. The van der Waals surface area contributed by atoms with Crippen LogP contribution in [0.3, 0.4) is 0 Å². The second-order valence-corrected chi connectivity index (χ2v) is 5.46. The molecule has 1 aromatic carbocycles. The Hall–Kier alpha value is -1.06. The van der Waals surface area contributed by atoms with E-state index in [0.717, 1.165) is 35.7 Å². The normalized spacial score (nSPS) is 19.3. The summed E-state index contributed by atoms with van der Waals surface area (Å²) in [5.41, 5.74) is 8.99. The van der Waals surface area contributed by atoms with Crippen molar-refractivity contribution < 1.29 is 4.79 Å². The van der Waals surface area contributed by atoms with Gasteiger partial charge in [-0.25, -0.2) is 0 Å². The van der Waals surface area contributed by atoms with Crippen LogP contribution in [0.2, 0.25) is 5.02 Å². The molecule has 1 saturated heterocycles. The van der Waals surface area contributed by atoms with Gasteiger partial charge in [0.1, 0.15) is 0 Å². The molecule has 0 bridgehead atoms. The van der Waals surface area contributed by atoms with Crippen LogP contribution in [0.25, 0.3) is 0 Å². The van der Waals surface area contributed by atoms with Crippen LogP contribution < -0.4 is 10.6 Å². The van der Waals surface area contributed by atoms with E-state index in [2.05, 4.69) is 13.8 Å². The smallest absolute Gasteiger partial charge is 0.227 e. The molecule has 2 rings (SSSR count). The van der Waals surface area contributed by atoms with Gasteiger partial charge in [-0.3, -0.25) is 4.79 Å². The molecule has 1 aliphatic heterocycles. The maximum absolute atomic E-state index is 12.2. The van der Waals surface area contributed by atoms with Crippen LogP contribution >= 0.6 is 11.6 Å². The Balaban J connectivity index is 2.48. The summed E-state index contributed by atoms with van der Waals surface area (Å²) in [4.78, 5) is 14.1. The van der Waals surface area contributed by atoms with Crippen LogP contribution in [0.15, 0.2) is 12.1 Å². The number of benzene rings is 1. The molecule has 19 heavy (non-hydrogen) atoms. The first kappa shape index (κ1) is 14.4. The average Bonchev–Trinajstić information content (AvgIpc) is 2.79. The molecule has 104 valence electrons. The molecule has 1 atom stereocenters. The maximum atomic E-state index is 12.2. The number of hydrogen-bond donors (Lipinski definition) is 1. The van der Waals surface area contributed by atoms with Crippen LogP contribution in [-0.2, 0) is 17.6 Å². The number of nitrogens with two attached hydrogens (primary N) is 1. The number of halogens is 1. The lowest BCUT2D eigenvalue weighted by molar-refractivity contribution is -0.117. The van der Waals surface area contributed by atoms with E-state index in [4.69, 9.17) is 17.3 Å². The highest BCUT2D eigenvalue weighted by molar-refractivity contribution is 6.32. The van der Waals surface area contributed by atoms with Gasteiger partial charge in [-0.1, -0.05) is 31.5 Å². The second kappa shape index (κ2) is 5.93. The zero-order valence-electron chi connectivity index (χ0n) is 11.6. The van der Waals surface area contributed by atoms with E-state index >= 15 is 0 Å². The predicted molar refractivity (Wildman–Crippen MR) is 79.7 cm³/mol. The molecule has 1 amide bonds. The van der Waals surface area contributed by atoms with Crippen molar-refractivity contribution in [3.8, 4) is 0 Å². The average molecular weight is 281 g/mol. The molecule has 2 N–H and O–H groups in total. The van der Waals surface area contributed by atoms with Crippen molar-refractivity contribution in [2.75, 3.05) is 18.0 Å². The van der Waals surface area contributed by atoms with Gasteiger partial charge in [-0.05, 0) is 42.5 Å². The molecule has 0 aliphatic carbocycles. The van der Waals surface area contributed by atoms with Crippen LogP contribution in [-0.4, -0.2) is 19.0 Å². The largest absolute Gasteiger partial charge is 0.330 e. The van der Waals surface area contributed by atoms with E-state index in [1.807, 2.05) is 17.0 Å². The van der Waals surface area contributed by atoms with Gasteiger partial charge in [0.25, 0.3) is 0 Å². The molecular weight excluding hydrogens is 260 g/mol. The summed E-state index contributed by atoms with van der Waals surface area (Å²) in [6.45, 7) is 5.46. The van der Waals surface area contributed by atoms with Crippen molar-refractivity contribution in [2.24, 2.45) is 11.7 Å². The Labute approximate surface area is 119 Å². The lowest BCUT2D eigenvalue weighted by Crippen LogP contribution is -2.28. The van der Waals surface area contributed by atoms with E-state index < -0.39 is 0 Å². The number of nitrogens with zero attached hydrogens (tertiary/aromatic N) is 1. The molecule has 0 aromatic heterocycles. The molecule has 0 spiro atoms. The molecule has 0 saturated carbocycles. The number of carbonyl (C=O) groups is 1. The summed E-state index contributed by atoms with van der Waals surface area (Å²) < 4.78 is 0. The standard InChI is InChI=1S/C15H21ClN2O/c1-3-11-5-6-13(16)12(4-2)15(11)18-9-10(8-17)7-14(18)19/h5-6,10H,3-4,7-9,17H2,1-2H3. The number of hydrogen-bond acceptors (Lipinski definition) is 2. The van der Waals surface area contributed by atoms with Crippen molar-refractivity contribution >= 4 is 23.2 Å². The summed E-state index contributed by atoms with van der Waals surface area (Å²) >= 11 is 6.29. The SMILES string of the molecule is CCc1ccc(Cl)c(CC)c1N1CC(CN)CC1=O. The monoisotopic (exact) mass is 280 g/mol. The van der Waals surface area contributed by atoms with Crippen molar-refractivity contribution in [2.45, 2.75) is 33.1 Å². The third-order valence-corrected chi connectivity index (χ3v) is 4.21. The summed E-state index contributed by atoms with van der Waals surface area (Å²) in [7, 11) is 0. The molecule has 0 radical (unpaired) electrons. The maximum Gasteiger partial charge on any atom is 0.227 e. The van der Waals surface area contributed by atoms with Gasteiger partial charge in [-0.15, -0.1) is 0 Å². The van der Waals surface area contributed by atoms with E-state index in [9.17, 15) is 4.79 Å². The van der Waals surface area contributed by atoms with Crippen molar-refractivity contribution in [1.29, 1.82) is 0 Å². The minimum absolute atomic E-state index is 0.169. The topological polar surface area (TPSA) is 46.3 Å². The molecule has 3 nitrogen and oxygen atoms in total. The third-order valence-electron chi connectivity index (χ3n) is 3.85. The fraction of sp³-hybridized carbons (Fsp3) is 0.533. The zero-order valence-corrected chi connectivity index (χ0v) is 12.3. The van der Waals surface area contributed by atoms with Gasteiger partial charge in [0, 0.05) is 18.0 Å². The van der Waals surface area contributed by atoms with Gasteiger partial charge in [-0.2, -0.15) is 0 Å². The fourth-order valence-electron chi connectivity index (χ4n) is 2.77. The van der Waals surface area contributed by atoms with Crippen LogP contribution in [0.1, 0.15) is 31.4 Å². The van der Waals surface area contributed by atoms with Crippen molar-refractivity contribution in [1.82, 2.24) is 0 Å². The highest BCUT2D eigenvalue weighted by Crippen LogP contribution is 2.35. The number of anilines is 1. The quantitative estimate of drug-likeness (QED) is 0.922. The lowest BCUT2D eigenvalue weighted by atomic mass is 10.0. The summed E-state index contributed by atoms with van der Waals surface area (Å²) in [6, 6.07) is 3.96. The highest BCUT2D eigenvalue weighted by Gasteiger charge is 2.32. The minimum atomic E-state index is 0.169. The third kappa shape index (κ3) is 2.63. The second-order valence-electron chi connectivity index (χ2n) is 5.05. The lowest BCUT2D eigenvalue weighted by Gasteiger charge is -2.24. The molecular formula is C15H21ClN2O. The molecule has 4 heteroatoms. The van der Waals surface area contributed by atoms with Crippen LogP contribution in [0.5, 0.6) is 0 Å². The number of rotatable bonds is 4. The molecule has 1 aromatic rings. The van der Waals surface area contributed by atoms with Gasteiger partial charge in [0.2, 0.25) is 5.91 Å². The highest BCUT2D eigenvalue weighted by atomic mass is 35.5. The summed E-state index contributed by atoms with van der Waals surface area (Å²) in [5, 5.41) is 0.749. The van der Waals surface area contributed by atoms with Gasteiger partial charge in [0.05, 0.1) is 5.69 Å². The zero-order chi connectivity index (χ0) is 14.0. The first-order valence-corrected chi connectivity index (χ1v) is 7.30. The van der Waals surface area contributed by atoms with E-state index in [1.165, 1.54) is 5.56 Å². The Kier molecular flexibility index (Phi) is 4.48. The minimum Gasteiger partial charge on any atom is -0.330 e. The number of amides is 1. The van der Waals surface area contributed by atoms with Gasteiger partial charge in [0.15, 0.2) is 0 Å². The first-order chi connectivity index (χ1) is 9.12. The van der Waals surface area contributed by atoms with Gasteiger partial charge < -0.3 is 10.6 Å². The van der Waals surface area contributed by atoms with Crippen molar-refractivity contribution in [3.63, 3.8) is 0 Å². The number of carbonyl (C=O) groups excluding carboxylic acids is 1. The summed E-state index contributed by atoms with van der Waals surface area (Å²) in [5.74, 6) is 0.433. The van der Waals surface area contributed by atoms with Crippen LogP contribution in [0.4, 0.5) is 5.69 Å². The van der Waals surface area contributed by atoms with E-state index in [-0.39, 0.29) is 11.8 Å². The molecule has 1 unspecified atom stereocenters. The van der Waals surface area contributed by atoms with E-state index in [0.29, 0.717) is 13.0 Å². The summed E-state index contributed by atoms with van der Waals surface area (Å²) in [6.07, 6.45) is 2.28.